The Labute approximate surface area is 222 Å². The summed E-state index contributed by atoms with van der Waals surface area (Å²) in [5.74, 6) is -2.41. The molecule has 0 bridgehead atoms. The van der Waals surface area contributed by atoms with Gasteiger partial charge in [0.25, 0.3) is 0 Å². The number of likely N-dealkylation sites (N-methyl/N-ethyl adjacent to an activating group) is 1. The average Bonchev–Trinajstić information content (AvgIpc) is 3.42. The zero-order valence-electron chi connectivity index (χ0n) is 22.2. The van der Waals surface area contributed by atoms with E-state index in [4.69, 9.17) is 0 Å². The summed E-state index contributed by atoms with van der Waals surface area (Å²) >= 11 is 0. The number of nitrogens with zero attached hydrogens (tertiary/aromatic N) is 3. The third-order valence-corrected chi connectivity index (χ3v) is 7.97. The first kappa shape index (κ1) is 28.4. The summed E-state index contributed by atoms with van der Waals surface area (Å²) in [5, 5.41) is 17.6. The minimum absolute atomic E-state index is 0.00504. The van der Waals surface area contributed by atoms with Gasteiger partial charge >= 0.3 is 0 Å². The molecule has 0 saturated carbocycles. The van der Waals surface area contributed by atoms with Crippen LogP contribution < -0.4 is 10.6 Å². The summed E-state index contributed by atoms with van der Waals surface area (Å²) in [6.07, 6.45) is 1.51. The molecular weight excluding hydrogens is 496 g/mol. The van der Waals surface area contributed by atoms with Crippen LogP contribution in [0.15, 0.2) is 18.2 Å². The molecule has 3 N–H and O–H groups in total. The van der Waals surface area contributed by atoms with Crippen molar-refractivity contribution in [1.82, 2.24) is 25.3 Å². The second kappa shape index (κ2) is 12.5. The Hall–Kier alpha value is -2.63. The Kier molecular flexibility index (Phi) is 9.32. The zero-order chi connectivity index (χ0) is 27.4. The first-order valence-electron chi connectivity index (χ1n) is 13.6. The Morgan fingerprint density at radius 2 is 1.92 bits per heavy atom. The molecule has 0 aliphatic carbocycles. The number of carbonyl (C=O) groups is 3. The van der Waals surface area contributed by atoms with Gasteiger partial charge in [0, 0.05) is 64.8 Å². The number of amides is 3. The van der Waals surface area contributed by atoms with E-state index in [9.17, 15) is 28.3 Å². The molecule has 9 nitrogen and oxygen atoms in total. The molecule has 3 saturated heterocycles. The number of aliphatic hydroxyl groups excluding tert-OH is 1. The van der Waals surface area contributed by atoms with E-state index < -0.39 is 35.7 Å². The second-order valence-electron chi connectivity index (χ2n) is 10.8. The summed E-state index contributed by atoms with van der Waals surface area (Å²) in [6.45, 7) is 5.22. The molecule has 0 aromatic heterocycles. The standard InChI is InChI=1S/C27H39F2N5O4/c1-3-4-7-34-15-18(13-24(34)35)26(37)31-21(12-17-10-19(28)14-20(29)11-17)25(36)22-16-33(9-6-30-22)23-5-8-32(2)27(23)38/h10-11,14,18,21-23,25,30,36H,3-9,12-13,15-16H2,1-2H3,(H,31,37)/t18?,21-,22+,23?,25-/m0/s1. The van der Waals surface area contributed by atoms with Gasteiger partial charge in [0.15, 0.2) is 0 Å². The third-order valence-electron chi connectivity index (χ3n) is 7.97. The lowest BCUT2D eigenvalue weighted by Gasteiger charge is -2.40. The summed E-state index contributed by atoms with van der Waals surface area (Å²) < 4.78 is 27.9. The fourth-order valence-corrected chi connectivity index (χ4v) is 5.79. The van der Waals surface area contributed by atoms with Gasteiger partial charge in [-0.25, -0.2) is 8.78 Å². The lowest BCUT2D eigenvalue weighted by molar-refractivity contribution is -0.131. The second-order valence-corrected chi connectivity index (χ2v) is 10.8. The Morgan fingerprint density at radius 1 is 1.18 bits per heavy atom. The van der Waals surface area contributed by atoms with Crippen LogP contribution >= 0.6 is 0 Å². The molecule has 38 heavy (non-hydrogen) atoms. The summed E-state index contributed by atoms with van der Waals surface area (Å²) in [4.78, 5) is 43.7. The van der Waals surface area contributed by atoms with Gasteiger partial charge in [-0.3, -0.25) is 19.3 Å². The van der Waals surface area contributed by atoms with E-state index in [2.05, 4.69) is 15.5 Å². The van der Waals surface area contributed by atoms with E-state index in [1.54, 1.807) is 16.8 Å². The number of aliphatic hydroxyl groups is 1. The van der Waals surface area contributed by atoms with Crippen molar-refractivity contribution >= 4 is 17.7 Å². The molecule has 5 atom stereocenters. The molecule has 4 rings (SSSR count). The fraction of sp³-hybridized carbons (Fsp3) is 0.667. The Balaban J connectivity index is 1.48. The lowest BCUT2D eigenvalue weighted by Crippen LogP contribution is -2.63. The van der Waals surface area contributed by atoms with E-state index in [1.807, 2.05) is 6.92 Å². The maximum Gasteiger partial charge on any atom is 0.239 e. The van der Waals surface area contributed by atoms with Gasteiger partial charge in [0.05, 0.1) is 24.1 Å². The van der Waals surface area contributed by atoms with E-state index in [0.717, 1.165) is 18.9 Å². The van der Waals surface area contributed by atoms with Crippen molar-refractivity contribution in [2.24, 2.45) is 5.92 Å². The number of hydrogen-bond acceptors (Lipinski definition) is 6. The molecule has 3 aliphatic heterocycles. The molecule has 2 unspecified atom stereocenters. The molecule has 210 valence electrons. The van der Waals surface area contributed by atoms with Crippen molar-refractivity contribution in [2.75, 3.05) is 46.3 Å². The zero-order valence-corrected chi connectivity index (χ0v) is 22.2. The van der Waals surface area contributed by atoms with E-state index in [-0.39, 0.29) is 36.6 Å². The minimum Gasteiger partial charge on any atom is -0.389 e. The number of halogens is 2. The van der Waals surface area contributed by atoms with Crippen molar-refractivity contribution in [1.29, 1.82) is 0 Å². The van der Waals surface area contributed by atoms with E-state index in [1.165, 1.54) is 12.1 Å². The van der Waals surface area contributed by atoms with E-state index >= 15 is 0 Å². The molecular formula is C27H39F2N5O4. The fourth-order valence-electron chi connectivity index (χ4n) is 5.79. The number of piperazine rings is 1. The molecule has 11 heteroatoms. The molecule has 3 amide bonds. The maximum absolute atomic E-state index is 13.9. The smallest absolute Gasteiger partial charge is 0.239 e. The first-order chi connectivity index (χ1) is 18.2. The molecule has 3 heterocycles. The van der Waals surface area contributed by atoms with Crippen LogP contribution in [0.4, 0.5) is 8.78 Å². The van der Waals surface area contributed by atoms with E-state index in [0.29, 0.717) is 51.3 Å². The van der Waals surface area contributed by atoms with Gasteiger partial charge in [-0.2, -0.15) is 0 Å². The van der Waals surface area contributed by atoms with Crippen LogP contribution in [0.3, 0.4) is 0 Å². The highest BCUT2D eigenvalue weighted by Gasteiger charge is 2.40. The van der Waals surface area contributed by atoms with Crippen LogP contribution in [-0.2, 0) is 20.8 Å². The van der Waals surface area contributed by atoms with Gasteiger partial charge in [-0.15, -0.1) is 0 Å². The lowest BCUT2D eigenvalue weighted by atomic mass is 9.93. The molecule has 0 spiro atoms. The molecule has 1 aromatic rings. The number of carbonyl (C=O) groups excluding carboxylic acids is 3. The molecule has 3 fully saturated rings. The van der Waals surface area contributed by atoms with Gasteiger partial charge in [-0.05, 0) is 37.0 Å². The van der Waals surface area contributed by atoms with Crippen molar-refractivity contribution in [2.45, 2.75) is 63.3 Å². The molecule has 0 radical (unpaired) electrons. The largest absolute Gasteiger partial charge is 0.389 e. The topological polar surface area (TPSA) is 105 Å². The van der Waals surface area contributed by atoms with Crippen molar-refractivity contribution in [3.05, 3.63) is 35.4 Å². The summed E-state index contributed by atoms with van der Waals surface area (Å²) in [5.41, 5.74) is 0.305. The van der Waals surface area contributed by atoms with Crippen LogP contribution in [0.1, 0.15) is 38.2 Å². The maximum atomic E-state index is 13.9. The highest BCUT2D eigenvalue weighted by molar-refractivity contribution is 5.89. The van der Waals surface area contributed by atoms with Crippen LogP contribution in [-0.4, -0.2) is 108 Å². The predicted octanol–water partition coefficient (Wildman–Crippen LogP) is 0.506. The van der Waals surface area contributed by atoms with Crippen LogP contribution in [0.2, 0.25) is 0 Å². The van der Waals surface area contributed by atoms with Crippen LogP contribution in [0.5, 0.6) is 0 Å². The number of hydrogen-bond donors (Lipinski definition) is 3. The molecule has 3 aliphatic rings. The number of rotatable bonds is 10. The predicted molar refractivity (Wildman–Crippen MR) is 137 cm³/mol. The van der Waals surface area contributed by atoms with Gasteiger partial charge < -0.3 is 25.5 Å². The van der Waals surface area contributed by atoms with Gasteiger partial charge in [0.1, 0.15) is 11.6 Å². The summed E-state index contributed by atoms with van der Waals surface area (Å²) in [7, 11) is 1.78. The normalized spacial score (nSPS) is 26.2. The highest BCUT2D eigenvalue weighted by atomic mass is 19.1. The van der Waals surface area contributed by atoms with Gasteiger partial charge in [-0.1, -0.05) is 13.3 Å². The number of likely N-dealkylation sites (tertiary alicyclic amines) is 2. The third kappa shape index (κ3) is 6.68. The number of nitrogens with one attached hydrogen (secondary N) is 2. The van der Waals surface area contributed by atoms with Crippen molar-refractivity contribution in [3.8, 4) is 0 Å². The van der Waals surface area contributed by atoms with Crippen molar-refractivity contribution < 1.29 is 28.3 Å². The van der Waals surface area contributed by atoms with Crippen LogP contribution in [0, 0.1) is 17.6 Å². The van der Waals surface area contributed by atoms with Crippen molar-refractivity contribution in [3.63, 3.8) is 0 Å². The highest BCUT2D eigenvalue weighted by Crippen LogP contribution is 2.22. The Morgan fingerprint density at radius 3 is 2.58 bits per heavy atom. The van der Waals surface area contributed by atoms with Gasteiger partial charge in [0.2, 0.25) is 17.7 Å². The monoisotopic (exact) mass is 535 g/mol. The minimum atomic E-state index is -1.10. The molecule has 1 aromatic carbocycles. The number of unbranched alkanes of at least 4 members (excludes halogenated alkanes) is 1. The SMILES string of the molecule is CCCCN1CC(C(=O)N[C@@H](Cc2cc(F)cc(F)c2)[C@H](O)[C@H]2CN(C3CCN(C)C3=O)CCN2)CC1=O. The van der Waals surface area contributed by atoms with Crippen LogP contribution in [0.25, 0.3) is 0 Å². The number of benzene rings is 1. The first-order valence-corrected chi connectivity index (χ1v) is 13.6. The quantitative estimate of drug-likeness (QED) is 0.403. The Bertz CT molecular complexity index is 1010. The average molecular weight is 536 g/mol. The summed E-state index contributed by atoms with van der Waals surface area (Å²) in [6, 6.07) is 1.57.